The van der Waals surface area contributed by atoms with Crippen LogP contribution in [0.1, 0.15) is 38.8 Å². The molecule has 1 aromatic rings. The average molecular weight is 322 g/mol. The molecule has 0 radical (unpaired) electrons. The summed E-state index contributed by atoms with van der Waals surface area (Å²) in [7, 11) is -0.934. The molecule has 1 N–H and O–H groups in total. The molecule has 22 heavy (non-hydrogen) atoms. The van der Waals surface area contributed by atoms with E-state index in [2.05, 4.69) is 12.2 Å². The minimum Gasteiger partial charge on any atom is -0.341 e. The highest BCUT2D eigenvalue weighted by Crippen LogP contribution is 2.19. The molecule has 1 aliphatic heterocycles. The van der Waals surface area contributed by atoms with Crippen molar-refractivity contribution in [1.82, 2.24) is 10.2 Å². The molecule has 2 rings (SSSR count). The van der Waals surface area contributed by atoms with Gasteiger partial charge in [-0.15, -0.1) is 0 Å². The fraction of sp³-hybridized carbons (Fsp3) is 0.588. The van der Waals surface area contributed by atoms with Crippen LogP contribution in [0, 0.1) is 5.92 Å². The van der Waals surface area contributed by atoms with Crippen molar-refractivity contribution < 1.29 is 9.00 Å². The molecule has 4 nitrogen and oxygen atoms in total. The van der Waals surface area contributed by atoms with Crippen LogP contribution in [0.4, 0.5) is 0 Å². The molecule has 0 spiro atoms. The van der Waals surface area contributed by atoms with Crippen LogP contribution in [0.25, 0.3) is 0 Å². The minimum absolute atomic E-state index is 0.0682. The zero-order valence-electron chi connectivity index (χ0n) is 13.8. The standard InChI is InChI=1S/C17H26N2O2S/c1-12(2)17(20)19-10-9-15(11-19)18-13(3)14-5-7-16(8-6-14)22(4)21/h5-8,12-13,15,18H,9-11H2,1-4H3/t13-,15-,22-/m0/s1. The largest absolute Gasteiger partial charge is 0.341 e. The van der Waals surface area contributed by atoms with E-state index in [4.69, 9.17) is 0 Å². The Kier molecular flexibility index (Phi) is 5.75. The number of benzene rings is 1. The molecule has 0 aromatic heterocycles. The highest BCUT2D eigenvalue weighted by atomic mass is 32.2. The summed E-state index contributed by atoms with van der Waals surface area (Å²) in [6, 6.07) is 8.47. The van der Waals surface area contributed by atoms with Crippen molar-refractivity contribution in [2.45, 2.75) is 44.2 Å². The molecular formula is C17H26N2O2S. The lowest BCUT2D eigenvalue weighted by Gasteiger charge is -2.22. The van der Waals surface area contributed by atoms with Crippen LogP contribution in [0.5, 0.6) is 0 Å². The number of hydrogen-bond acceptors (Lipinski definition) is 3. The lowest BCUT2D eigenvalue weighted by molar-refractivity contribution is -0.133. The predicted molar refractivity (Wildman–Crippen MR) is 90.1 cm³/mol. The molecule has 1 aromatic carbocycles. The van der Waals surface area contributed by atoms with Gasteiger partial charge in [-0.3, -0.25) is 9.00 Å². The summed E-state index contributed by atoms with van der Waals surface area (Å²) in [5, 5.41) is 3.60. The molecule has 0 unspecified atom stereocenters. The van der Waals surface area contributed by atoms with E-state index in [-0.39, 0.29) is 17.9 Å². The first-order valence-corrected chi connectivity index (χ1v) is 9.42. The number of nitrogens with zero attached hydrogens (tertiary/aromatic N) is 1. The zero-order chi connectivity index (χ0) is 16.3. The van der Waals surface area contributed by atoms with Gasteiger partial charge in [0.25, 0.3) is 0 Å². The quantitative estimate of drug-likeness (QED) is 0.905. The van der Waals surface area contributed by atoms with Gasteiger partial charge in [-0.2, -0.15) is 0 Å². The number of amides is 1. The normalized spacial score (nSPS) is 21.1. The highest BCUT2D eigenvalue weighted by Gasteiger charge is 2.28. The smallest absolute Gasteiger partial charge is 0.225 e. The second-order valence-electron chi connectivity index (χ2n) is 6.34. The van der Waals surface area contributed by atoms with Gasteiger partial charge in [-0.05, 0) is 31.0 Å². The highest BCUT2D eigenvalue weighted by molar-refractivity contribution is 7.84. The third-order valence-corrected chi connectivity index (χ3v) is 5.13. The Balaban J connectivity index is 1.91. The van der Waals surface area contributed by atoms with Crippen molar-refractivity contribution in [1.29, 1.82) is 0 Å². The molecule has 0 aliphatic carbocycles. The number of rotatable bonds is 5. The molecule has 122 valence electrons. The van der Waals surface area contributed by atoms with Crippen molar-refractivity contribution in [3.05, 3.63) is 29.8 Å². The Labute approximate surface area is 135 Å². The Morgan fingerprint density at radius 1 is 1.27 bits per heavy atom. The molecule has 1 saturated heterocycles. The van der Waals surface area contributed by atoms with E-state index in [9.17, 15) is 9.00 Å². The Bertz CT molecular complexity index is 542. The van der Waals surface area contributed by atoms with E-state index in [1.807, 2.05) is 43.0 Å². The monoisotopic (exact) mass is 322 g/mol. The van der Waals surface area contributed by atoms with E-state index in [0.29, 0.717) is 6.04 Å². The average Bonchev–Trinajstić information content (AvgIpc) is 2.94. The van der Waals surface area contributed by atoms with Gasteiger partial charge in [0.2, 0.25) is 5.91 Å². The van der Waals surface area contributed by atoms with Gasteiger partial charge >= 0.3 is 0 Å². The van der Waals surface area contributed by atoms with Crippen molar-refractivity contribution in [2.24, 2.45) is 5.92 Å². The van der Waals surface area contributed by atoms with Gasteiger partial charge in [0.1, 0.15) is 0 Å². The van der Waals surface area contributed by atoms with Crippen LogP contribution in [-0.4, -0.2) is 40.4 Å². The van der Waals surface area contributed by atoms with E-state index >= 15 is 0 Å². The van der Waals surface area contributed by atoms with Crippen molar-refractivity contribution in [3.8, 4) is 0 Å². The molecule has 1 aliphatic rings. The lowest BCUT2D eigenvalue weighted by atomic mass is 10.1. The Hall–Kier alpha value is -1.20. The molecule has 0 saturated carbocycles. The summed E-state index contributed by atoms with van der Waals surface area (Å²) in [6.07, 6.45) is 2.69. The zero-order valence-corrected chi connectivity index (χ0v) is 14.7. The van der Waals surface area contributed by atoms with Gasteiger partial charge in [0.15, 0.2) is 0 Å². The van der Waals surface area contributed by atoms with Crippen LogP contribution < -0.4 is 5.32 Å². The lowest BCUT2D eigenvalue weighted by Crippen LogP contribution is -2.37. The van der Waals surface area contributed by atoms with Gasteiger partial charge in [0, 0.05) is 53.0 Å². The van der Waals surface area contributed by atoms with Gasteiger partial charge in [-0.25, -0.2) is 0 Å². The first-order chi connectivity index (χ1) is 10.4. The second kappa shape index (κ2) is 7.38. The van der Waals surface area contributed by atoms with Crippen LogP contribution >= 0.6 is 0 Å². The summed E-state index contributed by atoms with van der Waals surface area (Å²) in [6.45, 7) is 7.66. The van der Waals surface area contributed by atoms with Gasteiger partial charge in [-0.1, -0.05) is 26.0 Å². The SMILES string of the molecule is CC(C)C(=O)N1CC[C@H](N[C@@H](C)c2ccc([S@](C)=O)cc2)C1. The maximum Gasteiger partial charge on any atom is 0.225 e. The summed E-state index contributed by atoms with van der Waals surface area (Å²) < 4.78 is 11.4. The van der Waals surface area contributed by atoms with E-state index < -0.39 is 10.8 Å². The minimum atomic E-state index is -0.934. The molecule has 5 heteroatoms. The molecular weight excluding hydrogens is 296 g/mol. The first kappa shape index (κ1) is 17.2. The summed E-state index contributed by atoms with van der Waals surface area (Å²) in [5.41, 5.74) is 1.18. The van der Waals surface area contributed by atoms with Crippen LogP contribution in [0.3, 0.4) is 0 Å². The number of carbonyl (C=O) groups is 1. The molecule has 0 bridgehead atoms. The van der Waals surface area contributed by atoms with E-state index in [1.54, 1.807) is 6.26 Å². The summed E-state index contributed by atoms with van der Waals surface area (Å²) >= 11 is 0. The fourth-order valence-electron chi connectivity index (χ4n) is 2.86. The fourth-order valence-corrected chi connectivity index (χ4v) is 3.38. The van der Waals surface area contributed by atoms with Crippen molar-refractivity contribution in [3.63, 3.8) is 0 Å². The maximum absolute atomic E-state index is 12.0. The first-order valence-electron chi connectivity index (χ1n) is 7.86. The maximum atomic E-state index is 12.0. The third-order valence-electron chi connectivity index (χ3n) is 4.19. The molecule has 1 amide bonds. The van der Waals surface area contributed by atoms with Gasteiger partial charge < -0.3 is 10.2 Å². The number of hydrogen-bond donors (Lipinski definition) is 1. The molecule has 1 heterocycles. The number of nitrogens with one attached hydrogen (secondary N) is 1. The summed E-state index contributed by atoms with van der Waals surface area (Å²) in [5.74, 6) is 0.311. The topological polar surface area (TPSA) is 49.4 Å². The Morgan fingerprint density at radius 2 is 1.91 bits per heavy atom. The third kappa shape index (κ3) is 4.17. The van der Waals surface area contributed by atoms with Crippen LogP contribution in [-0.2, 0) is 15.6 Å². The van der Waals surface area contributed by atoms with E-state index in [1.165, 1.54) is 5.56 Å². The van der Waals surface area contributed by atoms with Crippen LogP contribution in [0.15, 0.2) is 29.2 Å². The number of carbonyl (C=O) groups excluding carboxylic acids is 1. The van der Waals surface area contributed by atoms with Gasteiger partial charge in [0.05, 0.1) is 0 Å². The summed E-state index contributed by atoms with van der Waals surface area (Å²) in [4.78, 5) is 14.8. The molecule has 1 fully saturated rings. The van der Waals surface area contributed by atoms with Crippen molar-refractivity contribution >= 4 is 16.7 Å². The van der Waals surface area contributed by atoms with Crippen LogP contribution in [0.2, 0.25) is 0 Å². The molecule has 3 atom stereocenters. The Morgan fingerprint density at radius 3 is 2.45 bits per heavy atom. The predicted octanol–water partition coefficient (Wildman–Crippen LogP) is 2.33. The second-order valence-corrected chi connectivity index (χ2v) is 7.72. The van der Waals surface area contributed by atoms with Crippen molar-refractivity contribution in [2.75, 3.05) is 19.3 Å². The van der Waals surface area contributed by atoms with E-state index in [0.717, 1.165) is 24.4 Å². The number of likely N-dealkylation sites (tertiary alicyclic amines) is 1.